The third-order valence-electron chi connectivity index (χ3n) is 1.58. The SMILES string of the molecule is CON=C1CN(C)C[C@@H]1N. The van der Waals surface area contributed by atoms with Gasteiger partial charge >= 0.3 is 0 Å². The van der Waals surface area contributed by atoms with Crippen LogP contribution in [0.4, 0.5) is 0 Å². The summed E-state index contributed by atoms with van der Waals surface area (Å²) in [5, 5.41) is 3.81. The molecule has 1 heterocycles. The molecule has 0 spiro atoms. The minimum Gasteiger partial charge on any atom is -0.399 e. The van der Waals surface area contributed by atoms with Crippen LogP contribution < -0.4 is 5.73 Å². The van der Waals surface area contributed by atoms with Gasteiger partial charge < -0.3 is 10.6 Å². The zero-order valence-corrected chi connectivity index (χ0v) is 6.37. The van der Waals surface area contributed by atoms with Gasteiger partial charge in [-0.15, -0.1) is 0 Å². The molecule has 1 saturated heterocycles. The molecule has 1 rings (SSSR count). The van der Waals surface area contributed by atoms with E-state index >= 15 is 0 Å². The minimum absolute atomic E-state index is 0.0601. The van der Waals surface area contributed by atoms with Crippen LogP contribution in [0.5, 0.6) is 0 Å². The van der Waals surface area contributed by atoms with E-state index in [1.165, 1.54) is 7.11 Å². The molecular formula is C6H13N3O. The van der Waals surface area contributed by atoms with Crippen molar-refractivity contribution >= 4 is 5.71 Å². The second-order valence-corrected chi connectivity index (χ2v) is 2.57. The lowest BCUT2D eigenvalue weighted by Crippen LogP contribution is -2.29. The zero-order chi connectivity index (χ0) is 7.56. The fourth-order valence-electron chi connectivity index (χ4n) is 1.11. The summed E-state index contributed by atoms with van der Waals surface area (Å²) in [6.45, 7) is 1.71. The Morgan fingerprint density at radius 3 is 2.90 bits per heavy atom. The quantitative estimate of drug-likeness (QED) is 0.492. The number of hydrogen-bond donors (Lipinski definition) is 1. The Morgan fingerprint density at radius 2 is 2.50 bits per heavy atom. The summed E-state index contributed by atoms with van der Waals surface area (Å²) in [5.41, 5.74) is 6.64. The Morgan fingerprint density at radius 1 is 1.80 bits per heavy atom. The first-order valence-electron chi connectivity index (χ1n) is 3.28. The summed E-state index contributed by atoms with van der Waals surface area (Å²) in [6.07, 6.45) is 0. The van der Waals surface area contributed by atoms with E-state index in [-0.39, 0.29) is 6.04 Å². The van der Waals surface area contributed by atoms with Gasteiger partial charge in [0.1, 0.15) is 7.11 Å². The fourth-order valence-corrected chi connectivity index (χ4v) is 1.11. The van der Waals surface area contributed by atoms with Crippen LogP contribution in [0, 0.1) is 0 Å². The molecule has 1 fully saturated rings. The molecule has 10 heavy (non-hydrogen) atoms. The first kappa shape index (κ1) is 7.50. The second-order valence-electron chi connectivity index (χ2n) is 2.57. The molecular weight excluding hydrogens is 130 g/mol. The molecule has 1 aliphatic heterocycles. The highest BCUT2D eigenvalue weighted by atomic mass is 16.6. The molecule has 58 valence electrons. The van der Waals surface area contributed by atoms with Crippen molar-refractivity contribution in [3.8, 4) is 0 Å². The van der Waals surface area contributed by atoms with Gasteiger partial charge in [-0.05, 0) is 7.05 Å². The highest BCUT2D eigenvalue weighted by Gasteiger charge is 2.23. The number of nitrogens with zero attached hydrogens (tertiary/aromatic N) is 2. The first-order chi connectivity index (χ1) is 4.74. The van der Waals surface area contributed by atoms with Crippen molar-refractivity contribution in [2.75, 3.05) is 27.2 Å². The van der Waals surface area contributed by atoms with Crippen molar-refractivity contribution in [3.05, 3.63) is 0 Å². The highest BCUT2D eigenvalue weighted by Crippen LogP contribution is 2.01. The third kappa shape index (κ3) is 1.46. The molecule has 0 aromatic rings. The Bertz CT molecular complexity index is 146. The molecule has 0 bridgehead atoms. The molecule has 1 atom stereocenters. The lowest BCUT2D eigenvalue weighted by Gasteiger charge is -2.02. The molecule has 0 aliphatic carbocycles. The maximum Gasteiger partial charge on any atom is 0.106 e. The largest absolute Gasteiger partial charge is 0.399 e. The number of rotatable bonds is 1. The Hall–Kier alpha value is -0.610. The molecule has 0 aromatic heterocycles. The summed E-state index contributed by atoms with van der Waals surface area (Å²) < 4.78 is 0. The second kappa shape index (κ2) is 2.98. The Balaban J connectivity index is 2.54. The van der Waals surface area contributed by atoms with E-state index in [0.717, 1.165) is 18.8 Å². The summed E-state index contributed by atoms with van der Waals surface area (Å²) >= 11 is 0. The van der Waals surface area contributed by atoms with Gasteiger partial charge in [0.05, 0.1) is 11.8 Å². The van der Waals surface area contributed by atoms with Gasteiger partial charge in [-0.1, -0.05) is 5.16 Å². The van der Waals surface area contributed by atoms with Crippen LogP contribution in [0.2, 0.25) is 0 Å². The maximum absolute atomic E-state index is 5.70. The molecule has 4 nitrogen and oxygen atoms in total. The van der Waals surface area contributed by atoms with Gasteiger partial charge in [-0.2, -0.15) is 0 Å². The normalized spacial score (nSPS) is 31.5. The molecule has 2 N–H and O–H groups in total. The standard InChI is InChI=1S/C6H13N3O/c1-9-3-5(7)6(4-9)8-10-2/h5H,3-4,7H2,1-2H3/t5-/m0/s1. The van der Waals surface area contributed by atoms with E-state index in [1.54, 1.807) is 0 Å². The molecule has 0 aromatic carbocycles. The highest BCUT2D eigenvalue weighted by molar-refractivity contribution is 5.92. The van der Waals surface area contributed by atoms with Crippen molar-refractivity contribution in [2.24, 2.45) is 10.9 Å². The Labute approximate surface area is 60.6 Å². The number of oxime groups is 1. The first-order valence-corrected chi connectivity index (χ1v) is 3.28. The smallest absolute Gasteiger partial charge is 0.106 e. The lowest BCUT2D eigenvalue weighted by atomic mass is 10.2. The van der Waals surface area contributed by atoms with Crippen LogP contribution in [-0.4, -0.2) is 43.9 Å². The van der Waals surface area contributed by atoms with Crippen molar-refractivity contribution in [1.82, 2.24) is 4.90 Å². The van der Waals surface area contributed by atoms with Crippen LogP contribution in [0.1, 0.15) is 0 Å². The van der Waals surface area contributed by atoms with E-state index in [4.69, 9.17) is 5.73 Å². The van der Waals surface area contributed by atoms with Crippen molar-refractivity contribution in [3.63, 3.8) is 0 Å². The van der Waals surface area contributed by atoms with Crippen LogP contribution >= 0.6 is 0 Å². The van der Waals surface area contributed by atoms with Crippen LogP contribution in [0.25, 0.3) is 0 Å². The molecule has 1 aliphatic rings. The molecule has 0 saturated carbocycles. The monoisotopic (exact) mass is 143 g/mol. The van der Waals surface area contributed by atoms with Gasteiger partial charge in [0, 0.05) is 13.1 Å². The number of likely N-dealkylation sites (N-methyl/N-ethyl adjacent to an activating group) is 1. The van der Waals surface area contributed by atoms with Crippen molar-refractivity contribution < 1.29 is 4.84 Å². The fraction of sp³-hybridized carbons (Fsp3) is 0.833. The molecule has 0 amide bonds. The van der Waals surface area contributed by atoms with Gasteiger partial charge in [-0.25, -0.2) is 0 Å². The van der Waals surface area contributed by atoms with Gasteiger partial charge in [0.2, 0.25) is 0 Å². The molecule has 4 heteroatoms. The topological polar surface area (TPSA) is 50.8 Å². The van der Waals surface area contributed by atoms with Gasteiger partial charge in [0.15, 0.2) is 0 Å². The van der Waals surface area contributed by atoms with Crippen molar-refractivity contribution in [2.45, 2.75) is 6.04 Å². The van der Waals surface area contributed by atoms with Crippen LogP contribution in [-0.2, 0) is 4.84 Å². The summed E-state index contributed by atoms with van der Waals surface area (Å²) in [5.74, 6) is 0. The predicted octanol–water partition coefficient (Wildman–Crippen LogP) is -0.738. The van der Waals surface area contributed by atoms with E-state index in [2.05, 4.69) is 14.9 Å². The number of hydrogen-bond acceptors (Lipinski definition) is 4. The predicted molar refractivity (Wildman–Crippen MR) is 39.9 cm³/mol. The molecule has 0 radical (unpaired) electrons. The number of likely N-dealkylation sites (tertiary alicyclic amines) is 1. The average molecular weight is 143 g/mol. The van der Waals surface area contributed by atoms with E-state index in [9.17, 15) is 0 Å². The number of nitrogens with two attached hydrogens (primary N) is 1. The van der Waals surface area contributed by atoms with Crippen LogP contribution in [0.15, 0.2) is 5.16 Å². The maximum atomic E-state index is 5.70. The van der Waals surface area contributed by atoms with Crippen molar-refractivity contribution in [1.29, 1.82) is 0 Å². The van der Waals surface area contributed by atoms with E-state index < -0.39 is 0 Å². The molecule has 0 unspecified atom stereocenters. The van der Waals surface area contributed by atoms with E-state index in [1.807, 2.05) is 7.05 Å². The van der Waals surface area contributed by atoms with Gasteiger partial charge in [-0.3, -0.25) is 4.90 Å². The Kier molecular flexibility index (Phi) is 2.24. The summed E-state index contributed by atoms with van der Waals surface area (Å²) in [6, 6.07) is 0.0601. The lowest BCUT2D eigenvalue weighted by molar-refractivity contribution is 0.212. The summed E-state index contributed by atoms with van der Waals surface area (Å²) in [4.78, 5) is 6.74. The van der Waals surface area contributed by atoms with Crippen LogP contribution in [0.3, 0.4) is 0 Å². The van der Waals surface area contributed by atoms with E-state index in [0.29, 0.717) is 0 Å². The van der Waals surface area contributed by atoms with Gasteiger partial charge in [0.25, 0.3) is 0 Å². The average Bonchev–Trinajstić information content (AvgIpc) is 2.13. The zero-order valence-electron chi connectivity index (χ0n) is 6.37. The third-order valence-corrected chi connectivity index (χ3v) is 1.58. The summed E-state index contributed by atoms with van der Waals surface area (Å²) in [7, 11) is 3.55. The minimum atomic E-state index is 0.0601.